The molecule has 4 heterocycles. The summed E-state index contributed by atoms with van der Waals surface area (Å²) < 4.78 is 38.7. The van der Waals surface area contributed by atoms with Crippen LogP contribution in [0.1, 0.15) is 60.8 Å². The third-order valence-corrected chi connectivity index (χ3v) is 9.91. The van der Waals surface area contributed by atoms with Crippen LogP contribution < -0.4 is 9.64 Å². The number of rotatable bonds is 9. The number of aliphatic carboxylic acids is 1. The summed E-state index contributed by atoms with van der Waals surface area (Å²) in [4.78, 5) is 30.4. The van der Waals surface area contributed by atoms with Gasteiger partial charge >= 0.3 is 12.6 Å². The van der Waals surface area contributed by atoms with Crippen LogP contribution in [0, 0.1) is 12.8 Å². The highest BCUT2D eigenvalue weighted by molar-refractivity contribution is 5.79. The number of carboxylic acid groups (broad SMARTS) is 1. The van der Waals surface area contributed by atoms with Crippen LogP contribution in [0.4, 0.5) is 14.7 Å². The van der Waals surface area contributed by atoms with Gasteiger partial charge in [-0.2, -0.15) is 8.78 Å². The maximum absolute atomic E-state index is 13.6. The molecule has 0 radical (unpaired) electrons. The zero-order valence-corrected chi connectivity index (χ0v) is 26.4. The van der Waals surface area contributed by atoms with E-state index < -0.39 is 24.0 Å². The van der Waals surface area contributed by atoms with E-state index in [1.807, 2.05) is 30.6 Å². The molecule has 0 amide bonds. The van der Waals surface area contributed by atoms with E-state index in [2.05, 4.69) is 43.0 Å². The van der Waals surface area contributed by atoms with E-state index in [-0.39, 0.29) is 23.8 Å². The van der Waals surface area contributed by atoms with Gasteiger partial charge in [0.25, 0.3) is 0 Å². The van der Waals surface area contributed by atoms with Gasteiger partial charge in [-0.05, 0) is 61.9 Å². The first-order valence-electron chi connectivity index (χ1n) is 16.1. The number of benzene rings is 2. The topological polar surface area (TPSA) is 105 Å². The summed E-state index contributed by atoms with van der Waals surface area (Å²) in [6, 6.07) is 10.6. The first-order chi connectivity index (χ1) is 22.7. The van der Waals surface area contributed by atoms with Crippen LogP contribution in [0.2, 0.25) is 0 Å². The largest absolute Gasteiger partial charge is 0.480 e. The molecule has 0 saturated carbocycles. The predicted octanol–water partition coefficient (Wildman–Crippen LogP) is 6.75. The molecule has 1 aliphatic carbocycles. The van der Waals surface area contributed by atoms with Gasteiger partial charge in [0.15, 0.2) is 5.58 Å². The van der Waals surface area contributed by atoms with Crippen LogP contribution in [0.3, 0.4) is 0 Å². The number of allylic oxidation sites excluding steroid dienone is 4. The quantitative estimate of drug-likeness (QED) is 0.212. The Kier molecular flexibility index (Phi) is 8.25. The molecular weight excluding hydrogens is 604 g/mol. The molecule has 7 rings (SSSR count). The van der Waals surface area contributed by atoms with E-state index in [1.165, 1.54) is 6.07 Å². The third kappa shape index (κ3) is 5.66. The molecule has 0 spiro atoms. The number of alkyl halides is 2. The van der Waals surface area contributed by atoms with Crippen molar-refractivity contribution in [2.24, 2.45) is 5.92 Å². The number of aromatic nitrogens is 3. The molecule has 2 fully saturated rings. The summed E-state index contributed by atoms with van der Waals surface area (Å²) in [6.07, 6.45) is 13.3. The molecule has 3 aliphatic rings. The SMILES string of the molecule is Cc1ccccc1C1=CC=CC(c2cnc(N3CCCC3)nc2)(c2nc3cc(CN4CCC[C@H]4C(=O)O)c(OC(F)F)cc3o2)C1C. The summed E-state index contributed by atoms with van der Waals surface area (Å²) in [7, 11) is 0. The van der Waals surface area contributed by atoms with E-state index in [0.717, 1.165) is 48.2 Å². The van der Waals surface area contributed by atoms with Gasteiger partial charge in [-0.1, -0.05) is 49.4 Å². The third-order valence-electron chi connectivity index (χ3n) is 9.91. The number of fused-ring (bicyclic) bond motifs is 1. The lowest BCUT2D eigenvalue weighted by Crippen LogP contribution is -2.36. The Morgan fingerprint density at radius 2 is 1.89 bits per heavy atom. The normalized spacial score (nSPS) is 23.2. The Labute approximate surface area is 271 Å². The summed E-state index contributed by atoms with van der Waals surface area (Å²) in [5.74, 6) is -0.121. The van der Waals surface area contributed by atoms with Crippen molar-refractivity contribution >= 4 is 28.6 Å². The minimum absolute atomic E-state index is 0.0636. The zero-order valence-electron chi connectivity index (χ0n) is 26.4. The fourth-order valence-electron chi connectivity index (χ4n) is 7.42. The first kappa shape index (κ1) is 31.0. The van der Waals surface area contributed by atoms with Gasteiger partial charge in [0.05, 0.1) is 5.41 Å². The number of halogens is 2. The number of likely N-dealkylation sites (tertiary alicyclic amines) is 1. The fraction of sp³-hybridized carbons (Fsp3) is 0.389. The standard InChI is InChI=1S/C36H37F2N5O4/c1-22-9-3-4-10-26(22)27-11-7-13-36(23(27)2,25-19-39-35(40-20-25)42-14-5-6-15-42)33-41-28-17-24(21-43-16-8-12-29(43)32(44)45)30(47-34(37)38)18-31(28)46-33/h3-4,7,9-11,13,17-20,23,29,34H,5-6,8,12,14-16,21H2,1-2H3,(H,44,45)/t23?,29-,36?/m0/s1. The van der Waals surface area contributed by atoms with Crippen molar-refractivity contribution in [2.45, 2.75) is 64.1 Å². The summed E-state index contributed by atoms with van der Waals surface area (Å²) in [6.45, 7) is 3.65. The van der Waals surface area contributed by atoms with Crippen molar-refractivity contribution in [3.05, 3.63) is 95.2 Å². The monoisotopic (exact) mass is 641 g/mol. The van der Waals surface area contributed by atoms with Gasteiger partial charge in [-0.25, -0.2) is 15.0 Å². The van der Waals surface area contributed by atoms with E-state index in [4.69, 9.17) is 24.1 Å². The van der Waals surface area contributed by atoms with Gasteiger partial charge < -0.3 is 19.2 Å². The zero-order chi connectivity index (χ0) is 32.7. The average molecular weight is 642 g/mol. The van der Waals surface area contributed by atoms with E-state index in [1.54, 1.807) is 11.0 Å². The Balaban J connectivity index is 1.35. The lowest BCUT2D eigenvalue weighted by atomic mass is 9.65. The average Bonchev–Trinajstić information content (AvgIpc) is 3.84. The second-order valence-electron chi connectivity index (χ2n) is 12.6. The van der Waals surface area contributed by atoms with Crippen LogP contribution in [-0.2, 0) is 16.8 Å². The van der Waals surface area contributed by atoms with Crippen LogP contribution in [0.15, 0.2) is 71.4 Å². The molecule has 2 unspecified atom stereocenters. The second-order valence-corrected chi connectivity index (χ2v) is 12.6. The van der Waals surface area contributed by atoms with Crippen molar-refractivity contribution in [3.8, 4) is 5.75 Å². The number of aryl methyl sites for hydroxylation is 1. The molecule has 2 aliphatic heterocycles. The van der Waals surface area contributed by atoms with Gasteiger partial charge in [-0.15, -0.1) is 0 Å². The molecule has 1 N–H and O–H groups in total. The molecule has 4 aromatic rings. The van der Waals surface area contributed by atoms with Crippen molar-refractivity contribution in [3.63, 3.8) is 0 Å². The Morgan fingerprint density at radius 3 is 2.62 bits per heavy atom. The molecule has 3 atom stereocenters. The molecule has 11 heteroatoms. The smallest absolute Gasteiger partial charge is 0.387 e. The van der Waals surface area contributed by atoms with Crippen molar-refractivity contribution in [1.82, 2.24) is 19.9 Å². The van der Waals surface area contributed by atoms with Gasteiger partial charge in [0.2, 0.25) is 11.8 Å². The van der Waals surface area contributed by atoms with Crippen molar-refractivity contribution in [1.29, 1.82) is 0 Å². The maximum atomic E-state index is 13.6. The molecule has 2 saturated heterocycles. The summed E-state index contributed by atoms with van der Waals surface area (Å²) in [5, 5.41) is 9.71. The second kappa shape index (κ2) is 12.5. The van der Waals surface area contributed by atoms with Crippen LogP contribution in [0.25, 0.3) is 16.7 Å². The Bertz CT molecular complexity index is 1850. The molecule has 2 aromatic carbocycles. The van der Waals surface area contributed by atoms with Crippen LogP contribution in [0.5, 0.6) is 5.75 Å². The lowest BCUT2D eigenvalue weighted by molar-refractivity contribution is -0.142. The highest BCUT2D eigenvalue weighted by Crippen LogP contribution is 2.49. The maximum Gasteiger partial charge on any atom is 0.387 e. The number of carbonyl (C=O) groups is 1. The van der Waals surface area contributed by atoms with Crippen molar-refractivity contribution < 1.29 is 27.8 Å². The number of hydrogen-bond donors (Lipinski definition) is 1. The first-order valence-corrected chi connectivity index (χ1v) is 16.1. The molecule has 9 nitrogen and oxygen atoms in total. The lowest BCUT2D eigenvalue weighted by Gasteiger charge is -2.38. The highest BCUT2D eigenvalue weighted by atomic mass is 19.3. The van der Waals surface area contributed by atoms with E-state index in [0.29, 0.717) is 42.3 Å². The molecule has 2 aromatic heterocycles. The number of anilines is 1. The number of nitrogens with zero attached hydrogens (tertiary/aromatic N) is 5. The van der Waals surface area contributed by atoms with Crippen molar-refractivity contribution in [2.75, 3.05) is 24.5 Å². The number of ether oxygens (including phenoxy) is 1. The van der Waals surface area contributed by atoms with Crippen LogP contribution in [-0.4, -0.2) is 63.2 Å². The van der Waals surface area contributed by atoms with Gasteiger partial charge in [0.1, 0.15) is 17.3 Å². The van der Waals surface area contributed by atoms with Gasteiger partial charge in [-0.3, -0.25) is 9.69 Å². The molecule has 0 bridgehead atoms. The molecular formula is C36H37F2N5O4. The van der Waals surface area contributed by atoms with Gasteiger partial charge in [0, 0.05) is 55.1 Å². The minimum Gasteiger partial charge on any atom is -0.480 e. The Morgan fingerprint density at radius 1 is 1.13 bits per heavy atom. The minimum atomic E-state index is -3.07. The predicted molar refractivity (Wildman–Crippen MR) is 173 cm³/mol. The number of oxazole rings is 1. The highest BCUT2D eigenvalue weighted by Gasteiger charge is 2.46. The van der Waals surface area contributed by atoms with E-state index in [9.17, 15) is 18.7 Å². The molecule has 244 valence electrons. The molecule has 47 heavy (non-hydrogen) atoms. The Hall–Kier alpha value is -4.64. The summed E-state index contributed by atoms with van der Waals surface area (Å²) >= 11 is 0. The number of hydrogen-bond acceptors (Lipinski definition) is 8. The summed E-state index contributed by atoms with van der Waals surface area (Å²) in [5.41, 5.74) is 4.36. The number of carboxylic acids is 1. The van der Waals surface area contributed by atoms with E-state index >= 15 is 0 Å². The fourth-order valence-corrected chi connectivity index (χ4v) is 7.42. The van der Waals surface area contributed by atoms with Crippen LogP contribution >= 0.6 is 0 Å².